The van der Waals surface area contributed by atoms with E-state index in [1.807, 2.05) is 0 Å². The Bertz CT molecular complexity index is 3010. The zero-order chi connectivity index (χ0) is 63.7. The second kappa shape index (κ2) is 39.5. The fourth-order valence-electron chi connectivity index (χ4n) is 11.8. The number of para-hydroxylation sites is 2. The maximum Gasteiger partial charge on any atom is 0.332 e. The van der Waals surface area contributed by atoms with E-state index in [-0.39, 0.29) is 37.2 Å². The first kappa shape index (κ1) is 70.0. The molecule has 2 atom stereocenters. The average molecular weight is 1270 g/mol. The van der Waals surface area contributed by atoms with Gasteiger partial charge in [-0.3, -0.25) is 14.7 Å². The monoisotopic (exact) mass is 1270 g/mol. The molecule has 0 spiro atoms. The first-order valence-corrected chi connectivity index (χ1v) is 33.8. The van der Waals surface area contributed by atoms with E-state index < -0.39 is 0 Å². The van der Waals surface area contributed by atoms with Crippen molar-refractivity contribution in [1.82, 2.24) is 20.0 Å². The first-order valence-electron chi connectivity index (χ1n) is 33.3. The van der Waals surface area contributed by atoms with Gasteiger partial charge in [0, 0.05) is 102 Å². The molecule has 0 saturated carbocycles. The topological polar surface area (TPSA) is 136 Å². The minimum atomic E-state index is -0.340. The number of piperazine rings is 2. The van der Waals surface area contributed by atoms with Gasteiger partial charge < -0.3 is 53.0 Å². The number of benzene rings is 6. The number of carbonyl (C=O) groups is 2. The predicted octanol–water partition coefficient (Wildman–Crippen LogP) is 11.7. The first-order chi connectivity index (χ1) is 44.8. The lowest BCUT2D eigenvalue weighted by Crippen LogP contribution is -2.48. The van der Waals surface area contributed by atoms with E-state index in [1.54, 1.807) is 13.8 Å². The minimum Gasteiger partial charge on any atom is -0.494 e. The van der Waals surface area contributed by atoms with E-state index in [2.05, 4.69) is 194 Å². The fraction of sp³-hybridized carbons (Fsp3) is 0.486. The summed E-state index contributed by atoms with van der Waals surface area (Å²) in [5.41, 5.74) is 10.5. The summed E-state index contributed by atoms with van der Waals surface area (Å²) in [5.74, 6) is 3.56. The van der Waals surface area contributed by atoms with Crippen molar-refractivity contribution in [3.05, 3.63) is 179 Å². The van der Waals surface area contributed by atoms with Crippen LogP contribution in [0.25, 0.3) is 0 Å². The van der Waals surface area contributed by atoms with E-state index in [0.29, 0.717) is 38.9 Å². The number of rotatable bonds is 31. The van der Waals surface area contributed by atoms with Crippen LogP contribution in [0.1, 0.15) is 98.8 Å². The van der Waals surface area contributed by atoms with Gasteiger partial charge in [0.1, 0.15) is 49.4 Å². The average Bonchev–Trinajstić information content (AvgIpc) is 0.969. The van der Waals surface area contributed by atoms with Gasteiger partial charge >= 0.3 is 11.9 Å². The molecule has 2 fully saturated rings. The molecule has 0 radical (unpaired) electrons. The number of nitrogens with one attached hydrogen (secondary N) is 1. The molecule has 2 saturated heterocycles. The summed E-state index contributed by atoms with van der Waals surface area (Å²) in [4.78, 5) is 34.3. The third kappa shape index (κ3) is 22.7. The van der Waals surface area contributed by atoms with Gasteiger partial charge in [0.05, 0.1) is 51.7 Å². The molecule has 4 aliphatic heterocycles. The molecule has 6 aromatic rings. The summed E-state index contributed by atoms with van der Waals surface area (Å²) in [6.45, 7) is 25.6. The van der Waals surface area contributed by atoms with Crippen molar-refractivity contribution in [3.63, 3.8) is 0 Å². The van der Waals surface area contributed by atoms with E-state index >= 15 is 0 Å². The summed E-state index contributed by atoms with van der Waals surface area (Å²) in [7, 11) is 0. The summed E-state index contributed by atoms with van der Waals surface area (Å²) >= 11 is 5.28. The molecule has 0 aliphatic carbocycles. The Labute approximate surface area is 546 Å². The number of unbranched alkanes of at least 4 members (excludes halogenated alkanes) is 2. The SMILES string of the molecule is CCCCOc1ccc2c(c1)CCN(c1ccccc1)C2c1ccc(OCCN2CCN(CCOCC(=O)OCC)CC2)cc1.CCCCOc1ccc2c(c1)CCN(c1ccccc1)C2c1ccc(OCCN2CCNCC2)cc1.CCOC(=O)COCCCl. The Kier molecular flexibility index (Phi) is 30.4. The molecule has 0 amide bonds. The third-order valence-corrected chi connectivity index (χ3v) is 16.8. The number of alkyl halides is 1. The Balaban J connectivity index is 0.000000207. The number of hydrogen-bond acceptors (Lipinski definition) is 16. The molecule has 16 nitrogen and oxygen atoms in total. The lowest BCUT2D eigenvalue weighted by atomic mass is 9.87. The van der Waals surface area contributed by atoms with Gasteiger partial charge in [0.15, 0.2) is 0 Å². The number of esters is 2. The van der Waals surface area contributed by atoms with Gasteiger partial charge in [-0.05, 0) is 146 Å². The second-order valence-electron chi connectivity index (χ2n) is 23.0. The van der Waals surface area contributed by atoms with Crippen molar-refractivity contribution >= 4 is 34.9 Å². The Morgan fingerprint density at radius 3 is 1.26 bits per heavy atom. The lowest BCUT2D eigenvalue weighted by Gasteiger charge is -2.39. The smallest absolute Gasteiger partial charge is 0.332 e. The zero-order valence-corrected chi connectivity index (χ0v) is 55.2. The second-order valence-corrected chi connectivity index (χ2v) is 23.4. The number of carbonyl (C=O) groups excluding carboxylic acids is 2. The molecule has 0 aromatic heterocycles. The van der Waals surface area contributed by atoms with Crippen LogP contribution in [0.15, 0.2) is 146 Å². The highest BCUT2D eigenvalue weighted by atomic mass is 35.5. The predicted molar refractivity (Wildman–Crippen MR) is 364 cm³/mol. The maximum absolute atomic E-state index is 11.4. The number of ether oxygens (including phenoxy) is 8. The van der Waals surface area contributed by atoms with Crippen molar-refractivity contribution in [1.29, 1.82) is 0 Å². The van der Waals surface area contributed by atoms with Crippen molar-refractivity contribution in [2.45, 2.75) is 78.3 Å². The Hall–Kier alpha value is -6.89. The van der Waals surface area contributed by atoms with E-state index in [9.17, 15) is 9.59 Å². The highest BCUT2D eigenvalue weighted by Crippen LogP contribution is 2.42. The molecule has 2 unspecified atom stereocenters. The van der Waals surface area contributed by atoms with Crippen LogP contribution in [0, 0.1) is 0 Å². The van der Waals surface area contributed by atoms with Crippen LogP contribution in [0.5, 0.6) is 23.0 Å². The molecule has 0 bridgehead atoms. The summed E-state index contributed by atoms with van der Waals surface area (Å²) in [5, 5.41) is 3.40. The standard InChI is InChI=1S/C37H49N3O5.C31H39N3O2.C6H11ClO3/c1-3-5-25-44-34-15-16-35-31(28-34)17-18-40(32-9-7-6-8-10-32)37(35)30-11-13-33(14-12-30)45-27-24-39-21-19-38(20-22-39)23-26-42-29-36(41)43-4-2;1-2-3-22-35-29-13-14-30-26(24-29)15-18-34(27-7-5-4-6-8-27)31(30)25-9-11-28(12-10-25)36-23-21-33-19-16-32-17-20-33;1-2-10-6(8)5-9-4-3-7/h6-16,28,37H,3-5,17-27,29H2,1-2H3;4-14,24,31-32H,2-3,15-23H2,1H3;2-5H2,1H3. The minimum absolute atomic E-state index is 0.000556. The molecule has 4 heterocycles. The number of halogens is 1. The summed E-state index contributed by atoms with van der Waals surface area (Å²) < 4.78 is 44.1. The largest absolute Gasteiger partial charge is 0.494 e. The number of anilines is 2. The van der Waals surface area contributed by atoms with Gasteiger partial charge in [-0.15, -0.1) is 11.6 Å². The van der Waals surface area contributed by atoms with Crippen molar-refractivity contribution < 1.29 is 47.5 Å². The summed E-state index contributed by atoms with van der Waals surface area (Å²) in [6, 6.07) is 52.5. The van der Waals surface area contributed by atoms with Gasteiger partial charge in [-0.2, -0.15) is 0 Å². The molecule has 1 N–H and O–H groups in total. The van der Waals surface area contributed by atoms with Crippen molar-refractivity contribution in [2.75, 3.05) is 167 Å². The normalized spacial score (nSPS) is 16.6. The van der Waals surface area contributed by atoms with Crippen LogP contribution in [0.4, 0.5) is 11.4 Å². The lowest BCUT2D eigenvalue weighted by molar-refractivity contribution is -0.149. The van der Waals surface area contributed by atoms with Crippen molar-refractivity contribution in [3.8, 4) is 23.0 Å². The Morgan fingerprint density at radius 1 is 0.451 bits per heavy atom. The van der Waals surface area contributed by atoms with Crippen LogP contribution in [0.3, 0.4) is 0 Å². The molecular weight excluding hydrogens is 1170 g/mol. The molecule has 17 heteroatoms. The van der Waals surface area contributed by atoms with Crippen LogP contribution < -0.4 is 34.1 Å². The van der Waals surface area contributed by atoms with Gasteiger partial charge in [0.2, 0.25) is 0 Å². The molecule has 4 aliphatic rings. The number of hydrogen-bond donors (Lipinski definition) is 1. The van der Waals surface area contributed by atoms with E-state index in [4.69, 9.17) is 44.8 Å². The number of nitrogens with zero attached hydrogens (tertiary/aromatic N) is 5. The maximum atomic E-state index is 11.4. The molecule has 10 rings (SSSR count). The zero-order valence-electron chi connectivity index (χ0n) is 54.4. The molecular formula is C74H99ClN6O10. The fourth-order valence-corrected chi connectivity index (χ4v) is 11.9. The number of fused-ring (bicyclic) bond motifs is 2. The Morgan fingerprint density at radius 2 is 0.846 bits per heavy atom. The summed E-state index contributed by atoms with van der Waals surface area (Å²) in [6.07, 6.45) is 6.44. The van der Waals surface area contributed by atoms with Gasteiger partial charge in [-0.25, -0.2) is 9.59 Å². The molecule has 492 valence electrons. The van der Waals surface area contributed by atoms with Crippen LogP contribution in [0.2, 0.25) is 0 Å². The van der Waals surface area contributed by atoms with E-state index in [1.165, 1.54) is 44.8 Å². The van der Waals surface area contributed by atoms with Crippen LogP contribution in [-0.4, -0.2) is 184 Å². The van der Waals surface area contributed by atoms with Gasteiger partial charge in [-0.1, -0.05) is 99.5 Å². The highest BCUT2D eigenvalue weighted by molar-refractivity contribution is 6.18. The highest BCUT2D eigenvalue weighted by Gasteiger charge is 2.31. The van der Waals surface area contributed by atoms with Gasteiger partial charge in [0.25, 0.3) is 0 Å². The quantitative estimate of drug-likeness (QED) is 0.0251. The van der Waals surface area contributed by atoms with Crippen LogP contribution in [-0.2, 0) is 41.4 Å². The van der Waals surface area contributed by atoms with Crippen molar-refractivity contribution in [2.24, 2.45) is 0 Å². The molecule has 91 heavy (non-hydrogen) atoms. The molecule has 6 aromatic carbocycles. The van der Waals surface area contributed by atoms with E-state index in [0.717, 1.165) is 166 Å². The van der Waals surface area contributed by atoms with Crippen LogP contribution >= 0.6 is 11.6 Å². The third-order valence-electron chi connectivity index (χ3n) is 16.6.